The Morgan fingerprint density at radius 2 is 2.06 bits per heavy atom. The molecule has 1 aromatic carbocycles. The van der Waals surface area contributed by atoms with Crippen molar-refractivity contribution < 1.29 is 5.11 Å². The average Bonchev–Trinajstić information content (AvgIpc) is 2.76. The number of rotatable bonds is 1. The average molecular weight is 229 g/mol. The Bertz CT molecular complexity index is 549. The second-order valence-electron chi connectivity index (χ2n) is 4.72. The molecule has 0 aliphatic heterocycles. The van der Waals surface area contributed by atoms with Gasteiger partial charge in [0.1, 0.15) is 5.60 Å². The topological polar surface area (TPSA) is 50.9 Å². The van der Waals surface area contributed by atoms with Crippen molar-refractivity contribution in [3.05, 3.63) is 47.3 Å². The van der Waals surface area contributed by atoms with Gasteiger partial charge in [0, 0.05) is 13.5 Å². The quantitative estimate of drug-likeness (QED) is 0.799. The zero-order valence-electron chi connectivity index (χ0n) is 9.80. The standard InChI is InChI=1S/C13H15N3O/c1-16-12(9-14-15-16)13(17)7-6-10-4-2-3-5-11(10)8-13/h2-5,9,17H,6-8H2,1H3. The highest BCUT2D eigenvalue weighted by molar-refractivity contribution is 5.33. The third-order valence-corrected chi connectivity index (χ3v) is 3.60. The van der Waals surface area contributed by atoms with Crippen LogP contribution in [0.3, 0.4) is 0 Å². The summed E-state index contributed by atoms with van der Waals surface area (Å²) in [5.74, 6) is 0. The summed E-state index contributed by atoms with van der Waals surface area (Å²) in [6.07, 6.45) is 3.93. The van der Waals surface area contributed by atoms with Crippen LogP contribution in [0, 0.1) is 0 Å². The molecule has 0 bridgehead atoms. The van der Waals surface area contributed by atoms with Gasteiger partial charge in [0.15, 0.2) is 0 Å². The van der Waals surface area contributed by atoms with Crippen LogP contribution in [0.15, 0.2) is 30.5 Å². The Morgan fingerprint density at radius 3 is 2.76 bits per heavy atom. The second kappa shape index (κ2) is 3.67. The zero-order chi connectivity index (χ0) is 11.9. The van der Waals surface area contributed by atoms with Crippen LogP contribution in [-0.2, 0) is 25.5 Å². The lowest BCUT2D eigenvalue weighted by atomic mass is 9.79. The number of fused-ring (bicyclic) bond motifs is 1. The van der Waals surface area contributed by atoms with Crippen molar-refractivity contribution in [2.45, 2.75) is 24.9 Å². The predicted octanol–water partition coefficient (Wildman–Crippen LogP) is 1.19. The summed E-state index contributed by atoms with van der Waals surface area (Å²) in [5, 5.41) is 18.5. The van der Waals surface area contributed by atoms with E-state index < -0.39 is 5.60 Å². The molecule has 1 N–H and O–H groups in total. The van der Waals surface area contributed by atoms with E-state index in [4.69, 9.17) is 0 Å². The summed E-state index contributed by atoms with van der Waals surface area (Å²) < 4.78 is 1.66. The molecule has 2 aromatic rings. The molecule has 4 nitrogen and oxygen atoms in total. The molecule has 1 heterocycles. The highest BCUT2D eigenvalue weighted by atomic mass is 16.3. The van der Waals surface area contributed by atoms with E-state index in [-0.39, 0.29) is 0 Å². The Kier molecular flexibility index (Phi) is 2.26. The number of nitrogens with zero attached hydrogens (tertiary/aromatic N) is 3. The molecule has 0 saturated carbocycles. The highest BCUT2D eigenvalue weighted by Crippen LogP contribution is 2.35. The molecule has 4 heteroatoms. The first-order valence-electron chi connectivity index (χ1n) is 5.83. The van der Waals surface area contributed by atoms with Crippen molar-refractivity contribution in [1.29, 1.82) is 0 Å². The van der Waals surface area contributed by atoms with Gasteiger partial charge in [-0.1, -0.05) is 29.5 Å². The minimum Gasteiger partial charge on any atom is -0.383 e. The van der Waals surface area contributed by atoms with Crippen molar-refractivity contribution in [2.75, 3.05) is 0 Å². The molecule has 0 amide bonds. The van der Waals surface area contributed by atoms with Gasteiger partial charge in [-0.15, -0.1) is 5.10 Å². The predicted molar refractivity (Wildman–Crippen MR) is 63.4 cm³/mol. The fourth-order valence-corrected chi connectivity index (χ4v) is 2.65. The molecule has 1 unspecified atom stereocenters. The van der Waals surface area contributed by atoms with E-state index in [0.717, 1.165) is 18.5 Å². The fraction of sp³-hybridized carbons (Fsp3) is 0.385. The van der Waals surface area contributed by atoms with Crippen molar-refractivity contribution >= 4 is 0 Å². The molecule has 0 spiro atoms. The van der Waals surface area contributed by atoms with Crippen LogP contribution < -0.4 is 0 Å². The van der Waals surface area contributed by atoms with Gasteiger partial charge >= 0.3 is 0 Å². The first kappa shape index (κ1) is 10.5. The van der Waals surface area contributed by atoms with Crippen LogP contribution >= 0.6 is 0 Å². The summed E-state index contributed by atoms with van der Waals surface area (Å²) in [5.41, 5.74) is 2.54. The normalized spacial score (nSPS) is 23.4. The highest BCUT2D eigenvalue weighted by Gasteiger charge is 2.36. The van der Waals surface area contributed by atoms with Crippen molar-refractivity contribution in [1.82, 2.24) is 15.0 Å². The first-order chi connectivity index (χ1) is 8.19. The molecule has 3 rings (SSSR count). The number of aliphatic hydroxyl groups is 1. The van der Waals surface area contributed by atoms with Gasteiger partial charge in [-0.3, -0.25) is 0 Å². The van der Waals surface area contributed by atoms with Crippen molar-refractivity contribution in [2.24, 2.45) is 7.05 Å². The summed E-state index contributed by atoms with van der Waals surface area (Å²) in [4.78, 5) is 0. The monoisotopic (exact) mass is 229 g/mol. The lowest BCUT2D eigenvalue weighted by molar-refractivity contribution is 0.0143. The molecule has 1 aliphatic rings. The maximum absolute atomic E-state index is 10.8. The van der Waals surface area contributed by atoms with Gasteiger partial charge in [-0.2, -0.15) is 0 Å². The Balaban J connectivity index is 2.01. The maximum Gasteiger partial charge on any atom is 0.112 e. The largest absolute Gasteiger partial charge is 0.383 e. The Labute approximate surface area is 99.9 Å². The van der Waals surface area contributed by atoms with Gasteiger partial charge in [0.05, 0.1) is 11.9 Å². The smallest absolute Gasteiger partial charge is 0.112 e. The molecule has 88 valence electrons. The van der Waals surface area contributed by atoms with Crippen LogP contribution in [0.4, 0.5) is 0 Å². The number of benzene rings is 1. The van der Waals surface area contributed by atoms with Gasteiger partial charge in [-0.05, 0) is 24.0 Å². The third kappa shape index (κ3) is 1.65. The molecule has 17 heavy (non-hydrogen) atoms. The molecule has 1 aliphatic carbocycles. The van der Waals surface area contributed by atoms with E-state index in [1.54, 1.807) is 10.9 Å². The van der Waals surface area contributed by atoms with E-state index in [0.29, 0.717) is 6.42 Å². The number of aryl methyl sites for hydroxylation is 2. The van der Waals surface area contributed by atoms with Gasteiger partial charge < -0.3 is 5.11 Å². The van der Waals surface area contributed by atoms with Crippen LogP contribution in [-0.4, -0.2) is 20.1 Å². The molecule has 1 aromatic heterocycles. The summed E-state index contributed by atoms with van der Waals surface area (Å²) >= 11 is 0. The van der Waals surface area contributed by atoms with Crippen LogP contribution in [0.5, 0.6) is 0 Å². The first-order valence-corrected chi connectivity index (χ1v) is 5.83. The molecule has 1 atom stereocenters. The molecule has 0 fully saturated rings. The summed E-state index contributed by atoms with van der Waals surface area (Å²) in [6.45, 7) is 0. The molecule has 0 saturated heterocycles. The van der Waals surface area contributed by atoms with E-state index in [9.17, 15) is 5.11 Å². The van der Waals surface area contributed by atoms with Crippen molar-refractivity contribution in [3.63, 3.8) is 0 Å². The minimum absolute atomic E-state index is 0.643. The van der Waals surface area contributed by atoms with Gasteiger partial charge in [-0.25, -0.2) is 4.68 Å². The SMILES string of the molecule is Cn1nncc1C1(O)CCc2ccccc2C1. The summed E-state index contributed by atoms with van der Waals surface area (Å²) in [6, 6.07) is 8.29. The van der Waals surface area contributed by atoms with E-state index >= 15 is 0 Å². The number of hydrogen-bond acceptors (Lipinski definition) is 3. The fourth-order valence-electron chi connectivity index (χ4n) is 2.65. The number of hydrogen-bond donors (Lipinski definition) is 1. The summed E-state index contributed by atoms with van der Waals surface area (Å²) in [7, 11) is 1.82. The van der Waals surface area contributed by atoms with E-state index in [2.05, 4.69) is 28.5 Å². The number of aromatic nitrogens is 3. The second-order valence-corrected chi connectivity index (χ2v) is 4.72. The molecule has 0 radical (unpaired) electrons. The van der Waals surface area contributed by atoms with Crippen molar-refractivity contribution in [3.8, 4) is 0 Å². The molecular formula is C13H15N3O. The third-order valence-electron chi connectivity index (χ3n) is 3.60. The molecular weight excluding hydrogens is 214 g/mol. The minimum atomic E-state index is -0.827. The van der Waals surface area contributed by atoms with Crippen LogP contribution in [0.2, 0.25) is 0 Å². The van der Waals surface area contributed by atoms with Gasteiger partial charge in [0.25, 0.3) is 0 Å². The van der Waals surface area contributed by atoms with Gasteiger partial charge in [0.2, 0.25) is 0 Å². The van der Waals surface area contributed by atoms with Crippen LogP contribution in [0.1, 0.15) is 23.2 Å². The Hall–Kier alpha value is -1.68. The lowest BCUT2D eigenvalue weighted by Crippen LogP contribution is -2.35. The van der Waals surface area contributed by atoms with E-state index in [1.807, 2.05) is 13.1 Å². The maximum atomic E-state index is 10.8. The lowest BCUT2D eigenvalue weighted by Gasteiger charge is -2.33. The Morgan fingerprint density at radius 1 is 1.29 bits per heavy atom. The van der Waals surface area contributed by atoms with E-state index in [1.165, 1.54) is 11.1 Å². The zero-order valence-corrected chi connectivity index (χ0v) is 9.80. The van der Waals surface area contributed by atoms with Crippen LogP contribution in [0.25, 0.3) is 0 Å².